The molecule has 3 rings (SSSR count). The van der Waals surface area contributed by atoms with Crippen molar-refractivity contribution in [1.82, 2.24) is 4.98 Å². The van der Waals surface area contributed by atoms with E-state index in [-0.39, 0.29) is 11.7 Å². The molecule has 1 aliphatic heterocycles. The maximum Gasteiger partial charge on any atom is 0.125 e. The molecule has 19 heavy (non-hydrogen) atoms. The third kappa shape index (κ3) is 2.39. The number of aromatic hydroxyl groups is 1. The lowest BCUT2D eigenvalue weighted by atomic mass is 9.88. The first-order chi connectivity index (χ1) is 9.24. The molecule has 0 spiro atoms. The summed E-state index contributed by atoms with van der Waals surface area (Å²) < 4.78 is 5.64. The van der Waals surface area contributed by atoms with Crippen LogP contribution >= 0.6 is 0 Å². The normalized spacial score (nSPS) is 21.5. The molecule has 0 fully saturated rings. The van der Waals surface area contributed by atoms with E-state index < -0.39 is 6.10 Å². The second kappa shape index (κ2) is 4.90. The van der Waals surface area contributed by atoms with E-state index in [1.165, 1.54) is 0 Å². The Morgan fingerprint density at radius 2 is 2.21 bits per heavy atom. The molecule has 4 nitrogen and oxygen atoms in total. The minimum Gasteiger partial charge on any atom is -0.508 e. The summed E-state index contributed by atoms with van der Waals surface area (Å²) in [4.78, 5) is 4.07. The molecule has 0 aliphatic carbocycles. The fourth-order valence-corrected chi connectivity index (χ4v) is 2.43. The summed E-state index contributed by atoms with van der Waals surface area (Å²) in [5.41, 5.74) is 1.72. The Morgan fingerprint density at radius 3 is 3.00 bits per heavy atom. The number of aromatic nitrogens is 1. The van der Waals surface area contributed by atoms with Crippen LogP contribution in [0.4, 0.5) is 0 Å². The third-order valence-electron chi connectivity index (χ3n) is 3.43. The Labute approximate surface area is 111 Å². The Hall–Kier alpha value is -2.07. The van der Waals surface area contributed by atoms with Gasteiger partial charge in [-0.15, -0.1) is 0 Å². The first-order valence-corrected chi connectivity index (χ1v) is 6.27. The molecular weight excluding hydrogens is 242 g/mol. The molecule has 4 heteroatoms. The number of aliphatic hydroxyl groups is 1. The average Bonchev–Trinajstić information content (AvgIpc) is 2.44. The van der Waals surface area contributed by atoms with Gasteiger partial charge in [0.2, 0.25) is 0 Å². The van der Waals surface area contributed by atoms with Crippen molar-refractivity contribution in [1.29, 1.82) is 0 Å². The van der Waals surface area contributed by atoms with Crippen LogP contribution in [-0.4, -0.2) is 21.8 Å². The van der Waals surface area contributed by atoms with Gasteiger partial charge in [-0.2, -0.15) is 0 Å². The molecule has 2 aromatic rings. The number of phenols is 1. The number of benzene rings is 1. The zero-order chi connectivity index (χ0) is 13.2. The van der Waals surface area contributed by atoms with Gasteiger partial charge in [-0.1, -0.05) is 6.07 Å². The number of rotatable bonds is 2. The first kappa shape index (κ1) is 12.0. The average molecular weight is 257 g/mol. The van der Waals surface area contributed by atoms with Gasteiger partial charge in [-0.25, -0.2) is 0 Å². The minimum atomic E-state index is -0.629. The summed E-state index contributed by atoms with van der Waals surface area (Å²) in [6.45, 7) is 0.466. The zero-order valence-corrected chi connectivity index (χ0v) is 10.4. The number of fused-ring (bicyclic) bond motifs is 1. The second-order valence-corrected chi connectivity index (χ2v) is 4.80. The van der Waals surface area contributed by atoms with Crippen molar-refractivity contribution in [2.24, 2.45) is 5.92 Å². The molecule has 1 aliphatic rings. The minimum absolute atomic E-state index is 0.0292. The van der Waals surface area contributed by atoms with Gasteiger partial charge in [0.05, 0.1) is 12.7 Å². The van der Waals surface area contributed by atoms with Crippen LogP contribution in [0.3, 0.4) is 0 Å². The van der Waals surface area contributed by atoms with Crippen molar-refractivity contribution in [3.05, 3.63) is 53.9 Å². The molecule has 98 valence electrons. The largest absolute Gasteiger partial charge is 0.508 e. The number of phenolic OH excluding ortho intramolecular Hbond substituents is 1. The summed E-state index contributed by atoms with van der Waals surface area (Å²) in [7, 11) is 0. The summed E-state index contributed by atoms with van der Waals surface area (Å²) in [6.07, 6.45) is 3.59. The maximum atomic E-state index is 10.4. The summed E-state index contributed by atoms with van der Waals surface area (Å²) in [5, 5.41) is 19.9. The Kier molecular flexibility index (Phi) is 3.09. The Morgan fingerprint density at radius 1 is 1.32 bits per heavy atom. The highest BCUT2D eigenvalue weighted by Crippen LogP contribution is 2.38. The van der Waals surface area contributed by atoms with Crippen LogP contribution in [0.1, 0.15) is 17.2 Å². The summed E-state index contributed by atoms with van der Waals surface area (Å²) >= 11 is 0. The lowest BCUT2D eigenvalue weighted by Crippen LogP contribution is -2.27. The van der Waals surface area contributed by atoms with Crippen molar-refractivity contribution >= 4 is 0 Å². The predicted octanol–water partition coefficient (Wildman–Crippen LogP) is 2.07. The number of pyridine rings is 1. The van der Waals surface area contributed by atoms with Gasteiger partial charge < -0.3 is 14.9 Å². The van der Waals surface area contributed by atoms with Gasteiger partial charge >= 0.3 is 0 Å². The van der Waals surface area contributed by atoms with Crippen LogP contribution in [0.2, 0.25) is 0 Å². The highest BCUT2D eigenvalue weighted by Gasteiger charge is 2.29. The lowest BCUT2D eigenvalue weighted by molar-refractivity contribution is 0.0505. The molecule has 1 aromatic heterocycles. The number of hydrogen-bond acceptors (Lipinski definition) is 4. The third-order valence-corrected chi connectivity index (χ3v) is 3.43. The molecule has 0 bridgehead atoms. The summed E-state index contributed by atoms with van der Waals surface area (Å²) in [5.74, 6) is 0.759. The van der Waals surface area contributed by atoms with Crippen LogP contribution in [0.5, 0.6) is 11.5 Å². The Bertz CT molecular complexity index is 571. The molecule has 0 saturated heterocycles. The fraction of sp³-hybridized carbons (Fsp3) is 0.267. The van der Waals surface area contributed by atoms with Crippen molar-refractivity contribution in [2.75, 3.05) is 6.61 Å². The van der Waals surface area contributed by atoms with Crippen LogP contribution < -0.4 is 4.74 Å². The van der Waals surface area contributed by atoms with Crippen molar-refractivity contribution in [2.45, 2.75) is 12.5 Å². The Balaban J connectivity index is 1.83. The van der Waals surface area contributed by atoms with E-state index in [1.807, 2.05) is 12.1 Å². The highest BCUT2D eigenvalue weighted by atomic mass is 16.5. The van der Waals surface area contributed by atoms with Gasteiger partial charge in [-0.05, 0) is 36.2 Å². The van der Waals surface area contributed by atoms with E-state index >= 15 is 0 Å². The topological polar surface area (TPSA) is 62.6 Å². The number of hydrogen-bond donors (Lipinski definition) is 2. The first-order valence-electron chi connectivity index (χ1n) is 6.27. The standard InChI is InChI=1S/C15H15NO3/c17-12-3-4-14-13(7-12)15(18)11(9-19-14)6-10-2-1-5-16-8-10/h1-5,7-8,11,15,17-18H,6,9H2/t11-,15-/m0/s1. The number of ether oxygens (including phenoxy) is 1. The van der Waals surface area contributed by atoms with E-state index in [0.717, 1.165) is 5.56 Å². The molecule has 0 radical (unpaired) electrons. The van der Waals surface area contributed by atoms with Gasteiger partial charge in [0.1, 0.15) is 11.5 Å². The molecule has 0 saturated carbocycles. The number of aliphatic hydroxyl groups excluding tert-OH is 1. The van der Waals surface area contributed by atoms with E-state index in [9.17, 15) is 10.2 Å². The molecule has 0 amide bonds. The van der Waals surface area contributed by atoms with Gasteiger partial charge in [0.15, 0.2) is 0 Å². The van der Waals surface area contributed by atoms with Crippen molar-refractivity contribution in [3.63, 3.8) is 0 Å². The van der Waals surface area contributed by atoms with Gasteiger partial charge in [-0.3, -0.25) is 4.98 Å². The lowest BCUT2D eigenvalue weighted by Gasteiger charge is -2.30. The molecule has 2 heterocycles. The van der Waals surface area contributed by atoms with E-state index in [0.29, 0.717) is 24.3 Å². The molecule has 0 unspecified atom stereocenters. The monoisotopic (exact) mass is 257 g/mol. The molecular formula is C15H15NO3. The van der Waals surface area contributed by atoms with Crippen LogP contribution in [0.15, 0.2) is 42.7 Å². The molecule has 2 atom stereocenters. The predicted molar refractivity (Wildman–Crippen MR) is 70.0 cm³/mol. The number of nitrogens with zero attached hydrogens (tertiary/aromatic N) is 1. The van der Waals surface area contributed by atoms with Crippen molar-refractivity contribution < 1.29 is 14.9 Å². The van der Waals surface area contributed by atoms with Gasteiger partial charge in [0.25, 0.3) is 0 Å². The van der Waals surface area contributed by atoms with E-state index in [1.54, 1.807) is 30.6 Å². The van der Waals surface area contributed by atoms with Crippen LogP contribution in [-0.2, 0) is 6.42 Å². The molecule has 1 aromatic carbocycles. The smallest absolute Gasteiger partial charge is 0.125 e. The van der Waals surface area contributed by atoms with Gasteiger partial charge in [0, 0.05) is 23.9 Å². The second-order valence-electron chi connectivity index (χ2n) is 4.80. The zero-order valence-electron chi connectivity index (χ0n) is 10.4. The van der Waals surface area contributed by atoms with Crippen molar-refractivity contribution in [3.8, 4) is 11.5 Å². The quantitative estimate of drug-likeness (QED) is 0.864. The fourth-order valence-electron chi connectivity index (χ4n) is 2.43. The summed E-state index contributed by atoms with van der Waals surface area (Å²) in [6, 6.07) is 8.68. The van der Waals surface area contributed by atoms with E-state index in [4.69, 9.17) is 4.74 Å². The van der Waals surface area contributed by atoms with Crippen LogP contribution in [0, 0.1) is 5.92 Å². The SMILES string of the molecule is Oc1ccc2c(c1)[C@@H](O)[C@@H](Cc1cccnc1)CO2. The van der Waals surface area contributed by atoms with E-state index in [2.05, 4.69) is 4.98 Å². The molecule has 2 N–H and O–H groups in total. The highest BCUT2D eigenvalue weighted by molar-refractivity contribution is 5.42. The van der Waals surface area contributed by atoms with Crippen LogP contribution in [0.25, 0.3) is 0 Å². The maximum absolute atomic E-state index is 10.4.